The van der Waals surface area contributed by atoms with Crippen molar-refractivity contribution >= 4 is 103 Å². The van der Waals surface area contributed by atoms with Crippen LogP contribution in [0.3, 0.4) is 0 Å². The van der Waals surface area contributed by atoms with Gasteiger partial charge in [0.25, 0.3) is 5.91 Å². The lowest BCUT2D eigenvalue weighted by Gasteiger charge is -2.33. The molecule has 0 heterocycles. The third-order valence-electron chi connectivity index (χ3n) is 17.9. The molecule has 0 saturated heterocycles. The quantitative estimate of drug-likeness (QED) is 0.00667. The van der Waals surface area contributed by atoms with Gasteiger partial charge in [-0.2, -0.15) is 0 Å². The molecule has 108 heavy (non-hydrogen) atoms. The van der Waals surface area contributed by atoms with Gasteiger partial charge in [0.15, 0.2) is 6.10 Å². The number of allylic oxidation sites excluding steroid dienone is 2. The van der Waals surface area contributed by atoms with Crippen LogP contribution in [0.25, 0.3) is 11.1 Å². The summed E-state index contributed by atoms with van der Waals surface area (Å²) in [5.41, 5.74) is 5.74. The molecule has 5 N–H and O–H groups in total. The van der Waals surface area contributed by atoms with E-state index < -0.39 is 127 Å². The third kappa shape index (κ3) is 33.6. The second kappa shape index (κ2) is 47.3. The number of benzene rings is 3. The molecule has 600 valence electrons. The Morgan fingerprint density at radius 3 is 1.77 bits per heavy atom. The lowest BCUT2D eigenvalue weighted by molar-refractivity contribution is -0.154. The average molecular weight is 1590 g/mol. The first kappa shape index (κ1) is 92.6. The summed E-state index contributed by atoms with van der Waals surface area (Å²) in [6.07, 6.45) is 1.83. The van der Waals surface area contributed by atoms with E-state index in [1.807, 2.05) is 89.2 Å². The van der Waals surface area contributed by atoms with E-state index in [1.54, 1.807) is 39.0 Å². The van der Waals surface area contributed by atoms with Crippen LogP contribution in [0.1, 0.15) is 130 Å². The van der Waals surface area contributed by atoms with Gasteiger partial charge in [-0.05, 0) is 136 Å². The van der Waals surface area contributed by atoms with Crippen molar-refractivity contribution in [2.45, 2.75) is 186 Å². The molecule has 26 nitrogen and oxygen atoms in total. The normalized spacial score (nSPS) is 14.5. The number of nitrogens with zero attached hydrogens (tertiary/aromatic N) is 2. The van der Waals surface area contributed by atoms with Gasteiger partial charge >= 0.3 is 36.2 Å². The van der Waals surface area contributed by atoms with E-state index in [0.29, 0.717) is 90.5 Å². The third-order valence-corrected chi connectivity index (χ3v) is 20.0. The number of ether oxygens (including phenoxy) is 9. The Balaban J connectivity index is 1.34. The highest BCUT2D eigenvalue weighted by molar-refractivity contribution is 6.76. The fourth-order valence-electron chi connectivity index (χ4n) is 11.3. The van der Waals surface area contributed by atoms with E-state index in [9.17, 15) is 47.9 Å². The maximum atomic E-state index is 14.7. The number of hydrogen-bond acceptors (Lipinski definition) is 19. The van der Waals surface area contributed by atoms with Crippen molar-refractivity contribution in [1.82, 2.24) is 36.4 Å². The van der Waals surface area contributed by atoms with Crippen molar-refractivity contribution in [2.24, 2.45) is 17.8 Å². The molecule has 0 spiro atoms. The lowest BCUT2D eigenvalue weighted by Crippen LogP contribution is -2.56. The van der Waals surface area contributed by atoms with Crippen LogP contribution in [0.2, 0.25) is 25.7 Å². The number of carbonyl (C=O) groups is 10. The summed E-state index contributed by atoms with van der Waals surface area (Å²) in [4.78, 5) is 137. The highest BCUT2D eigenvalue weighted by atomic mass is 35.6. The van der Waals surface area contributed by atoms with Crippen molar-refractivity contribution in [1.29, 1.82) is 0 Å². The Hall–Kier alpha value is -7.79. The summed E-state index contributed by atoms with van der Waals surface area (Å²) in [7, 11) is 1.43. The summed E-state index contributed by atoms with van der Waals surface area (Å²) >= 11 is 17.5. The van der Waals surface area contributed by atoms with Gasteiger partial charge < -0.3 is 79.0 Å². The fraction of sp³-hybridized carbons (Fsp3) is 0.590. The van der Waals surface area contributed by atoms with Crippen molar-refractivity contribution in [3.8, 4) is 16.9 Å². The molecule has 1 aliphatic rings. The Morgan fingerprint density at radius 2 is 1.21 bits per heavy atom. The molecular weight excluding hydrogens is 1470 g/mol. The van der Waals surface area contributed by atoms with E-state index in [0.717, 1.165) is 43.7 Å². The zero-order valence-corrected chi connectivity index (χ0v) is 68.6. The number of fused-ring (bicyclic) bond motifs is 3. The number of nitrogens with one attached hydrogen (secondary N) is 5. The first-order valence-electron chi connectivity index (χ1n) is 36.9. The second-order valence-corrected chi connectivity index (χ2v) is 36.8. The molecule has 3 aromatic carbocycles. The number of hydrogen-bond donors (Lipinski definition) is 5. The van der Waals surface area contributed by atoms with Gasteiger partial charge in [0.2, 0.25) is 21.5 Å². The lowest BCUT2D eigenvalue weighted by atomic mass is 9.93. The smallest absolute Gasteiger partial charge is 0.412 e. The molecule has 0 radical (unpaired) electrons. The summed E-state index contributed by atoms with van der Waals surface area (Å²) < 4.78 is 48.2. The Bertz CT molecular complexity index is 3430. The van der Waals surface area contributed by atoms with Gasteiger partial charge in [-0.1, -0.05) is 168 Å². The van der Waals surface area contributed by atoms with Gasteiger partial charge in [-0.3, -0.25) is 19.2 Å². The molecule has 0 aliphatic heterocycles. The molecule has 8 atom stereocenters. The molecule has 0 fully saturated rings. The summed E-state index contributed by atoms with van der Waals surface area (Å²) in [6, 6.07) is 18.2. The van der Waals surface area contributed by atoms with Crippen LogP contribution >= 0.6 is 34.8 Å². The number of carbonyl (C=O) groups excluding carboxylic acids is 10. The van der Waals surface area contributed by atoms with Crippen LogP contribution in [0.5, 0.6) is 5.75 Å². The van der Waals surface area contributed by atoms with E-state index in [2.05, 4.69) is 46.2 Å². The number of alkyl halides is 3. The fourth-order valence-corrected chi connectivity index (χ4v) is 12.2. The van der Waals surface area contributed by atoms with E-state index >= 15 is 0 Å². The molecule has 1 aliphatic carbocycles. The number of esters is 3. The van der Waals surface area contributed by atoms with Crippen molar-refractivity contribution < 1.29 is 90.6 Å². The molecule has 0 saturated carbocycles. The SMILES string of the molecule is C/C=C(\C)[C@@H](OC(=O)[C@@H](C)NC(=O)OCC1c2ccccc2-c2ccccc21)[C@@H](C)CC/C=C(\C)C(=O)O[C@H](CC(C)C)C(=O)N[C@@H](C)C(=O)N(C)[C@H](Cc1ccc(OC(=O)NCCCOCCOCCOCCCNC(=O)OCC[Si](C)(C)C)cc1)C(=O)N(C)CC(=O)N[C@H](C(=O)OCC(Cl)(Cl)Cl)[C@H](C)CC. The molecule has 3 aromatic rings. The summed E-state index contributed by atoms with van der Waals surface area (Å²) in [5.74, 6) is -6.14. The number of amides is 7. The number of halogens is 3. The monoisotopic (exact) mass is 1590 g/mol. The summed E-state index contributed by atoms with van der Waals surface area (Å²) in [6.45, 7) is 26.1. The van der Waals surface area contributed by atoms with Crippen molar-refractivity contribution in [3.05, 3.63) is 113 Å². The highest BCUT2D eigenvalue weighted by Gasteiger charge is 2.37. The van der Waals surface area contributed by atoms with Gasteiger partial charge in [0.05, 0.1) is 39.6 Å². The zero-order valence-electron chi connectivity index (χ0n) is 65.3. The predicted molar refractivity (Wildman–Crippen MR) is 416 cm³/mol. The Morgan fingerprint density at radius 1 is 0.639 bits per heavy atom. The largest absolute Gasteiger partial charge is 0.460 e. The Kier molecular flexibility index (Phi) is 40.6. The first-order chi connectivity index (χ1) is 51.0. The standard InChI is InChI=1S/C78H114Cl3N7O19Si/c1-16-51(5)67(74(95)104-49-78(79,80)81)86-66(89)47-87(11)71(92)64(46-57-31-33-58(34-32-57)105-76(97)83-36-24-38-100-40-42-101-41-39-99-37-23-35-82-75(96)102-43-44-108(13,14)15)88(12)70(91)55(9)84-69(90)65(45-50(3)4)106-72(93)54(8)26-22-25-53(7)68(52(6)17-2)107-73(94)56(10)85-77(98)103-48-63-61-29-20-18-27-59(61)60-28-19-21-30-62(60)63/h17-21,26-34,50-51,53,55-56,63-65,67-68H,16,22-25,35-49H2,1-15H3,(H,82,96)(H,83,97)(H,84,90)(H,85,98)(H,86,89)/b52-17+,54-26+/t51-,53+,55+,56-,64-,65-,67+,68-/m1/s1. The molecule has 0 bridgehead atoms. The molecule has 7 amide bonds. The highest BCUT2D eigenvalue weighted by Crippen LogP contribution is 2.44. The molecule has 0 aromatic heterocycles. The van der Waals surface area contributed by atoms with Gasteiger partial charge in [-0.25, -0.2) is 28.8 Å². The molecular formula is C78H114Cl3N7O19Si. The maximum Gasteiger partial charge on any atom is 0.412 e. The van der Waals surface area contributed by atoms with Gasteiger partial charge in [-0.15, -0.1) is 0 Å². The topological polar surface area (TPSA) is 320 Å². The van der Waals surface area contributed by atoms with Gasteiger partial charge in [0, 0.05) is 66.4 Å². The van der Waals surface area contributed by atoms with Crippen LogP contribution in [0.15, 0.2) is 96.1 Å². The van der Waals surface area contributed by atoms with Gasteiger partial charge in [0.1, 0.15) is 49.2 Å². The molecule has 0 unspecified atom stereocenters. The van der Waals surface area contributed by atoms with E-state index in [1.165, 1.54) is 40.1 Å². The van der Waals surface area contributed by atoms with E-state index in [-0.39, 0.29) is 55.1 Å². The van der Waals surface area contributed by atoms with Crippen LogP contribution in [0, 0.1) is 17.8 Å². The summed E-state index contributed by atoms with van der Waals surface area (Å²) in [5, 5.41) is 13.3. The average Bonchev–Trinajstić information content (AvgIpc) is 1.61. The number of rotatable bonds is 46. The number of alkyl carbamates (subject to hydrolysis) is 2. The van der Waals surface area contributed by atoms with Crippen LogP contribution in [-0.2, 0) is 77.9 Å². The second-order valence-electron chi connectivity index (χ2n) is 28.7. The minimum absolute atomic E-state index is 0.0691. The number of likely N-dealkylation sites (N-methyl/N-ethyl adjacent to an activating group) is 2. The van der Waals surface area contributed by atoms with E-state index in [4.69, 9.17) is 77.4 Å². The van der Waals surface area contributed by atoms with Crippen molar-refractivity contribution in [2.75, 3.05) is 93.2 Å². The first-order valence-corrected chi connectivity index (χ1v) is 41.7. The molecule has 4 rings (SSSR count). The minimum atomic E-state index is -1.92. The van der Waals surface area contributed by atoms with Crippen LogP contribution in [0.4, 0.5) is 14.4 Å². The predicted octanol–water partition coefficient (Wildman–Crippen LogP) is 11.6. The maximum absolute atomic E-state index is 14.7. The van der Waals surface area contributed by atoms with Crippen molar-refractivity contribution in [3.63, 3.8) is 0 Å². The zero-order chi connectivity index (χ0) is 80.3. The minimum Gasteiger partial charge on any atom is -0.460 e. The van der Waals surface area contributed by atoms with Crippen LogP contribution < -0.4 is 31.3 Å². The molecule has 30 heteroatoms. The van der Waals surface area contributed by atoms with Crippen LogP contribution in [-0.4, -0.2) is 211 Å². The Labute approximate surface area is 652 Å².